The summed E-state index contributed by atoms with van der Waals surface area (Å²) in [5, 5.41) is 13.2. The van der Waals surface area contributed by atoms with Crippen LogP contribution in [0.15, 0.2) is 16.9 Å². The standard InChI is InChI=1S/C14H19N3O5/c1-2-3-6-17-12(18)5-4-10(15-17)13(19)16-7-8-22-9-11(16)14(20)21/h4-5,11H,2-3,6-9H2,1H3,(H,20,21). The maximum atomic E-state index is 12.5. The molecule has 1 unspecified atom stereocenters. The van der Waals surface area contributed by atoms with Crippen LogP contribution in [0.4, 0.5) is 0 Å². The summed E-state index contributed by atoms with van der Waals surface area (Å²) in [7, 11) is 0. The van der Waals surface area contributed by atoms with Gasteiger partial charge in [-0.05, 0) is 12.5 Å². The Morgan fingerprint density at radius 1 is 1.45 bits per heavy atom. The van der Waals surface area contributed by atoms with E-state index in [4.69, 9.17) is 9.84 Å². The number of aromatic nitrogens is 2. The Kier molecular flexibility index (Phi) is 5.26. The van der Waals surface area contributed by atoms with E-state index in [0.29, 0.717) is 6.54 Å². The van der Waals surface area contributed by atoms with E-state index in [1.165, 1.54) is 21.7 Å². The first kappa shape index (κ1) is 16.2. The zero-order valence-corrected chi connectivity index (χ0v) is 12.4. The van der Waals surface area contributed by atoms with Crippen LogP contribution in [-0.2, 0) is 16.1 Å². The number of hydrogen-bond acceptors (Lipinski definition) is 5. The van der Waals surface area contributed by atoms with Crippen LogP contribution in [0.2, 0.25) is 0 Å². The number of carbonyl (C=O) groups is 2. The molecule has 1 amide bonds. The monoisotopic (exact) mass is 309 g/mol. The van der Waals surface area contributed by atoms with Crippen LogP contribution in [0.25, 0.3) is 0 Å². The van der Waals surface area contributed by atoms with E-state index < -0.39 is 17.9 Å². The molecule has 8 heteroatoms. The van der Waals surface area contributed by atoms with Gasteiger partial charge in [-0.25, -0.2) is 9.48 Å². The van der Waals surface area contributed by atoms with Crippen molar-refractivity contribution >= 4 is 11.9 Å². The van der Waals surface area contributed by atoms with Gasteiger partial charge in [-0.1, -0.05) is 13.3 Å². The van der Waals surface area contributed by atoms with Gasteiger partial charge in [0.05, 0.1) is 13.2 Å². The van der Waals surface area contributed by atoms with Gasteiger partial charge >= 0.3 is 5.97 Å². The first-order valence-electron chi connectivity index (χ1n) is 7.24. The summed E-state index contributed by atoms with van der Waals surface area (Å²) in [5.41, 5.74) is -0.203. The summed E-state index contributed by atoms with van der Waals surface area (Å²) in [6, 6.07) is 1.59. The van der Waals surface area contributed by atoms with E-state index in [0.717, 1.165) is 12.8 Å². The third kappa shape index (κ3) is 3.51. The number of carbonyl (C=O) groups excluding carboxylic acids is 1. The highest BCUT2D eigenvalue weighted by Gasteiger charge is 2.34. The van der Waals surface area contributed by atoms with Crippen LogP contribution in [-0.4, -0.2) is 57.5 Å². The third-order valence-electron chi connectivity index (χ3n) is 3.48. The number of hydrogen-bond donors (Lipinski definition) is 1. The van der Waals surface area contributed by atoms with E-state index >= 15 is 0 Å². The minimum Gasteiger partial charge on any atom is -0.480 e. The van der Waals surface area contributed by atoms with Crippen LogP contribution in [0.3, 0.4) is 0 Å². The minimum atomic E-state index is -1.12. The minimum absolute atomic E-state index is 0.0451. The lowest BCUT2D eigenvalue weighted by molar-refractivity contribution is -0.147. The predicted octanol–water partition coefficient (Wildman–Crippen LogP) is -0.0310. The van der Waals surface area contributed by atoms with Gasteiger partial charge in [-0.15, -0.1) is 0 Å². The highest BCUT2D eigenvalue weighted by molar-refractivity contribution is 5.95. The second-order valence-electron chi connectivity index (χ2n) is 5.06. The molecule has 1 N–H and O–H groups in total. The van der Waals surface area contributed by atoms with E-state index in [-0.39, 0.29) is 31.0 Å². The molecule has 1 aromatic rings. The molecule has 1 aromatic heterocycles. The van der Waals surface area contributed by atoms with Gasteiger partial charge in [0, 0.05) is 19.2 Å². The highest BCUT2D eigenvalue weighted by atomic mass is 16.5. The summed E-state index contributed by atoms with van der Waals surface area (Å²) < 4.78 is 6.35. The SMILES string of the molecule is CCCCn1nc(C(=O)N2CCOCC2C(=O)O)ccc1=O. The van der Waals surface area contributed by atoms with Crippen LogP contribution < -0.4 is 5.56 Å². The lowest BCUT2D eigenvalue weighted by Gasteiger charge is -2.32. The average Bonchev–Trinajstić information content (AvgIpc) is 2.53. The molecule has 1 saturated heterocycles. The Morgan fingerprint density at radius 3 is 2.91 bits per heavy atom. The third-order valence-corrected chi connectivity index (χ3v) is 3.48. The first-order valence-corrected chi connectivity index (χ1v) is 7.24. The Hall–Kier alpha value is -2.22. The summed E-state index contributed by atoms with van der Waals surface area (Å²) in [6.45, 7) is 2.85. The van der Waals surface area contributed by atoms with Crippen molar-refractivity contribution in [2.75, 3.05) is 19.8 Å². The zero-order valence-electron chi connectivity index (χ0n) is 12.4. The topological polar surface area (TPSA) is 102 Å². The fraction of sp³-hybridized carbons (Fsp3) is 0.571. The smallest absolute Gasteiger partial charge is 0.328 e. The molecule has 0 bridgehead atoms. The largest absolute Gasteiger partial charge is 0.480 e. The van der Waals surface area contributed by atoms with Gasteiger partial charge in [-0.2, -0.15) is 5.10 Å². The van der Waals surface area contributed by atoms with Crippen molar-refractivity contribution < 1.29 is 19.4 Å². The normalized spacial score (nSPS) is 18.2. The van der Waals surface area contributed by atoms with Crippen molar-refractivity contribution in [3.05, 3.63) is 28.2 Å². The predicted molar refractivity (Wildman–Crippen MR) is 76.7 cm³/mol. The fourth-order valence-corrected chi connectivity index (χ4v) is 2.23. The second-order valence-corrected chi connectivity index (χ2v) is 5.06. The number of carboxylic acid groups (broad SMARTS) is 1. The van der Waals surface area contributed by atoms with E-state index in [1.807, 2.05) is 6.92 Å². The Morgan fingerprint density at radius 2 is 2.23 bits per heavy atom. The highest BCUT2D eigenvalue weighted by Crippen LogP contribution is 2.11. The van der Waals surface area contributed by atoms with E-state index in [1.54, 1.807) is 0 Å². The number of unbranched alkanes of at least 4 members (excludes halogenated alkanes) is 1. The molecule has 0 radical (unpaired) electrons. The van der Waals surface area contributed by atoms with Gasteiger partial charge in [0.25, 0.3) is 11.5 Å². The van der Waals surface area contributed by atoms with Gasteiger partial charge in [-0.3, -0.25) is 9.59 Å². The molecule has 2 rings (SSSR count). The molecule has 0 aromatic carbocycles. The summed E-state index contributed by atoms with van der Waals surface area (Å²) in [4.78, 5) is 36.6. The molecule has 2 heterocycles. The fourth-order valence-electron chi connectivity index (χ4n) is 2.23. The first-order chi connectivity index (χ1) is 10.5. The molecule has 22 heavy (non-hydrogen) atoms. The number of nitrogens with zero attached hydrogens (tertiary/aromatic N) is 3. The van der Waals surface area contributed by atoms with E-state index in [9.17, 15) is 14.4 Å². The van der Waals surface area contributed by atoms with Crippen LogP contribution in [0, 0.1) is 0 Å². The lowest BCUT2D eigenvalue weighted by atomic mass is 10.2. The molecule has 120 valence electrons. The number of amides is 1. The number of carboxylic acids is 1. The number of rotatable bonds is 5. The van der Waals surface area contributed by atoms with Crippen LogP contribution in [0.5, 0.6) is 0 Å². The molecule has 1 atom stereocenters. The van der Waals surface area contributed by atoms with Crippen LogP contribution >= 0.6 is 0 Å². The van der Waals surface area contributed by atoms with Gasteiger partial charge < -0.3 is 14.7 Å². The molecular weight excluding hydrogens is 290 g/mol. The molecule has 1 aliphatic heterocycles. The quantitative estimate of drug-likeness (QED) is 0.819. The summed E-state index contributed by atoms with van der Waals surface area (Å²) in [6.07, 6.45) is 1.68. The van der Waals surface area contributed by atoms with Crippen molar-refractivity contribution in [2.24, 2.45) is 0 Å². The molecule has 0 spiro atoms. The Labute approximate surface area is 127 Å². The van der Waals surface area contributed by atoms with Crippen molar-refractivity contribution in [3.63, 3.8) is 0 Å². The molecular formula is C14H19N3O5. The van der Waals surface area contributed by atoms with Crippen molar-refractivity contribution in [3.8, 4) is 0 Å². The average molecular weight is 309 g/mol. The maximum absolute atomic E-state index is 12.5. The van der Waals surface area contributed by atoms with Crippen molar-refractivity contribution in [1.82, 2.24) is 14.7 Å². The Balaban J connectivity index is 2.24. The van der Waals surface area contributed by atoms with E-state index in [2.05, 4.69) is 5.10 Å². The second kappa shape index (κ2) is 7.17. The molecule has 1 aliphatic rings. The van der Waals surface area contributed by atoms with Gasteiger partial charge in [0.2, 0.25) is 0 Å². The number of aliphatic carboxylic acids is 1. The van der Waals surface area contributed by atoms with Gasteiger partial charge in [0.1, 0.15) is 5.69 Å². The van der Waals surface area contributed by atoms with Crippen LogP contribution in [0.1, 0.15) is 30.3 Å². The maximum Gasteiger partial charge on any atom is 0.328 e. The molecule has 8 nitrogen and oxygen atoms in total. The molecule has 1 fully saturated rings. The number of morpholine rings is 1. The zero-order chi connectivity index (χ0) is 16.1. The Bertz CT molecular complexity index is 613. The van der Waals surface area contributed by atoms with Crippen molar-refractivity contribution in [2.45, 2.75) is 32.4 Å². The summed E-state index contributed by atoms with van der Waals surface area (Å²) in [5.74, 6) is -1.62. The number of ether oxygens (including phenoxy) is 1. The molecule has 0 aliphatic carbocycles. The van der Waals surface area contributed by atoms with Gasteiger partial charge in [0.15, 0.2) is 6.04 Å². The molecule has 0 saturated carbocycles. The lowest BCUT2D eigenvalue weighted by Crippen LogP contribution is -2.53. The van der Waals surface area contributed by atoms with Crippen molar-refractivity contribution in [1.29, 1.82) is 0 Å². The summed E-state index contributed by atoms with van der Waals surface area (Å²) >= 11 is 0. The number of aryl methyl sites for hydroxylation is 1.